The van der Waals surface area contributed by atoms with Crippen molar-refractivity contribution in [2.45, 2.75) is 26.3 Å². The zero-order chi connectivity index (χ0) is 18.8. The average Bonchev–Trinajstić information content (AvgIpc) is 3.13. The number of aliphatic hydroxyl groups excluding tert-OH is 1. The topological polar surface area (TPSA) is 95.0 Å². The van der Waals surface area contributed by atoms with Crippen molar-refractivity contribution in [3.63, 3.8) is 0 Å². The maximum absolute atomic E-state index is 11.6. The molecule has 1 aliphatic heterocycles. The molecule has 1 aliphatic rings. The molecule has 26 heavy (non-hydrogen) atoms. The third-order valence-electron chi connectivity index (χ3n) is 4.67. The number of carbonyl (C=O) groups excluding carboxylic acids is 1. The van der Waals surface area contributed by atoms with Crippen molar-refractivity contribution in [2.75, 3.05) is 40.0 Å². The van der Waals surface area contributed by atoms with E-state index in [9.17, 15) is 9.90 Å². The predicted octanol–water partition coefficient (Wildman–Crippen LogP) is 0.890. The second kappa shape index (κ2) is 10.1. The lowest BCUT2D eigenvalue weighted by Gasteiger charge is -2.27. The highest BCUT2D eigenvalue weighted by Gasteiger charge is 2.34. The first-order valence-corrected chi connectivity index (χ1v) is 9.14. The molecule has 1 aromatic carbocycles. The first-order chi connectivity index (χ1) is 12.6. The van der Waals surface area contributed by atoms with E-state index in [1.165, 1.54) is 0 Å². The van der Waals surface area contributed by atoms with Gasteiger partial charge in [-0.25, -0.2) is 4.99 Å². The lowest BCUT2D eigenvalue weighted by atomic mass is 9.84. The molecular weight excluding hydrogens is 332 g/mol. The summed E-state index contributed by atoms with van der Waals surface area (Å²) in [6.07, 6.45) is 1.67. The Balaban J connectivity index is 1.96. The van der Waals surface area contributed by atoms with Crippen molar-refractivity contribution >= 4 is 11.9 Å². The maximum atomic E-state index is 11.6. The van der Waals surface area contributed by atoms with Crippen molar-refractivity contribution in [2.24, 2.45) is 10.4 Å². The van der Waals surface area contributed by atoms with Crippen LogP contribution in [-0.2, 0) is 11.3 Å². The van der Waals surface area contributed by atoms with Crippen molar-refractivity contribution in [3.8, 4) is 0 Å². The van der Waals surface area contributed by atoms with Crippen LogP contribution in [0.4, 0.5) is 0 Å². The summed E-state index contributed by atoms with van der Waals surface area (Å²) in [6.45, 7) is 5.61. The smallest absolute Gasteiger partial charge is 0.251 e. The van der Waals surface area contributed by atoms with E-state index in [1.807, 2.05) is 19.1 Å². The number of hydrogen-bond donors (Lipinski definition) is 4. The summed E-state index contributed by atoms with van der Waals surface area (Å²) in [6, 6.07) is 7.43. The molecule has 1 saturated heterocycles. The Kier molecular flexibility index (Phi) is 7.87. The van der Waals surface area contributed by atoms with Gasteiger partial charge in [0.25, 0.3) is 5.91 Å². The quantitative estimate of drug-likeness (QED) is 0.407. The van der Waals surface area contributed by atoms with Gasteiger partial charge in [0.15, 0.2) is 5.96 Å². The molecule has 0 aliphatic carbocycles. The van der Waals surface area contributed by atoms with E-state index in [1.54, 1.807) is 19.2 Å². The standard InChI is InChI=1S/C19H30N4O3/c1-3-21-18(23-13-19(8-10-24)9-11-26-14-19)22-12-15-4-6-16(7-5-15)17(25)20-2/h4-7,24H,3,8-14H2,1-2H3,(H,20,25)(H2,21,22,23). The fourth-order valence-electron chi connectivity index (χ4n) is 3.00. The number of carbonyl (C=O) groups is 1. The first-order valence-electron chi connectivity index (χ1n) is 9.14. The lowest BCUT2D eigenvalue weighted by molar-refractivity contribution is 0.0963. The van der Waals surface area contributed by atoms with Crippen LogP contribution in [0.2, 0.25) is 0 Å². The average molecular weight is 362 g/mol. The van der Waals surface area contributed by atoms with Gasteiger partial charge in [-0.15, -0.1) is 0 Å². The molecule has 1 unspecified atom stereocenters. The van der Waals surface area contributed by atoms with Crippen LogP contribution >= 0.6 is 0 Å². The number of aliphatic imine (C=N–C) groups is 1. The van der Waals surface area contributed by atoms with E-state index in [0.717, 1.165) is 44.1 Å². The van der Waals surface area contributed by atoms with Crippen molar-refractivity contribution in [1.82, 2.24) is 16.0 Å². The van der Waals surface area contributed by atoms with Crippen LogP contribution in [0.15, 0.2) is 29.3 Å². The SMILES string of the molecule is CCNC(=NCc1ccc(C(=O)NC)cc1)NCC1(CCO)CCOC1. The monoisotopic (exact) mass is 362 g/mol. The van der Waals surface area contributed by atoms with Crippen LogP contribution in [0.5, 0.6) is 0 Å². The van der Waals surface area contributed by atoms with Gasteiger partial charge in [0, 0.05) is 44.3 Å². The third-order valence-corrected chi connectivity index (χ3v) is 4.67. The van der Waals surface area contributed by atoms with Gasteiger partial charge in [-0.3, -0.25) is 4.79 Å². The highest BCUT2D eigenvalue weighted by molar-refractivity contribution is 5.93. The van der Waals surface area contributed by atoms with Gasteiger partial charge in [0.05, 0.1) is 13.2 Å². The number of aliphatic hydroxyl groups is 1. The summed E-state index contributed by atoms with van der Waals surface area (Å²) < 4.78 is 5.53. The Bertz CT molecular complexity index is 595. The molecule has 1 amide bonds. The highest BCUT2D eigenvalue weighted by atomic mass is 16.5. The van der Waals surface area contributed by atoms with Gasteiger partial charge in [-0.2, -0.15) is 0 Å². The van der Waals surface area contributed by atoms with Gasteiger partial charge in [-0.05, 0) is 37.5 Å². The van der Waals surface area contributed by atoms with E-state index in [-0.39, 0.29) is 17.9 Å². The maximum Gasteiger partial charge on any atom is 0.251 e. The first kappa shape index (κ1) is 20.2. The van der Waals surface area contributed by atoms with E-state index in [4.69, 9.17) is 4.74 Å². The number of nitrogens with one attached hydrogen (secondary N) is 3. The van der Waals surface area contributed by atoms with Crippen LogP contribution < -0.4 is 16.0 Å². The number of hydrogen-bond acceptors (Lipinski definition) is 4. The molecule has 0 aromatic heterocycles. The Hall–Kier alpha value is -2.12. The molecule has 0 radical (unpaired) electrons. The summed E-state index contributed by atoms with van der Waals surface area (Å²) in [5, 5.41) is 18.6. The molecule has 0 saturated carbocycles. The Labute approximate surface area is 155 Å². The molecule has 0 bridgehead atoms. The molecule has 4 N–H and O–H groups in total. The predicted molar refractivity (Wildman–Crippen MR) is 102 cm³/mol. The minimum Gasteiger partial charge on any atom is -0.396 e. The minimum atomic E-state index is -0.0944. The number of guanidine groups is 1. The van der Waals surface area contributed by atoms with Gasteiger partial charge in [0.2, 0.25) is 0 Å². The summed E-state index contributed by atoms with van der Waals surface area (Å²) in [4.78, 5) is 16.2. The molecule has 1 aromatic rings. The number of amides is 1. The third kappa shape index (κ3) is 5.71. The molecule has 144 valence electrons. The second-order valence-corrected chi connectivity index (χ2v) is 6.60. The molecule has 1 fully saturated rings. The fraction of sp³-hybridized carbons (Fsp3) is 0.579. The number of benzene rings is 1. The Morgan fingerprint density at radius 2 is 2.08 bits per heavy atom. The number of rotatable bonds is 8. The zero-order valence-corrected chi connectivity index (χ0v) is 15.7. The zero-order valence-electron chi connectivity index (χ0n) is 15.7. The molecule has 2 rings (SSSR count). The summed E-state index contributed by atoms with van der Waals surface area (Å²) in [7, 11) is 1.62. The molecule has 0 spiro atoms. The van der Waals surface area contributed by atoms with Gasteiger partial charge < -0.3 is 25.8 Å². The van der Waals surface area contributed by atoms with Crippen LogP contribution in [0.25, 0.3) is 0 Å². The van der Waals surface area contributed by atoms with Crippen LogP contribution in [0, 0.1) is 5.41 Å². The van der Waals surface area contributed by atoms with E-state index in [2.05, 4.69) is 20.9 Å². The van der Waals surface area contributed by atoms with E-state index in [0.29, 0.717) is 18.7 Å². The van der Waals surface area contributed by atoms with Crippen LogP contribution in [0.1, 0.15) is 35.7 Å². The van der Waals surface area contributed by atoms with Gasteiger partial charge in [-0.1, -0.05) is 12.1 Å². The van der Waals surface area contributed by atoms with Crippen LogP contribution in [-0.4, -0.2) is 56.9 Å². The van der Waals surface area contributed by atoms with Crippen molar-refractivity contribution in [3.05, 3.63) is 35.4 Å². The number of nitrogens with zero attached hydrogens (tertiary/aromatic N) is 1. The van der Waals surface area contributed by atoms with Crippen molar-refractivity contribution in [1.29, 1.82) is 0 Å². The van der Waals surface area contributed by atoms with Crippen molar-refractivity contribution < 1.29 is 14.6 Å². The highest BCUT2D eigenvalue weighted by Crippen LogP contribution is 2.31. The summed E-state index contributed by atoms with van der Waals surface area (Å²) in [5.74, 6) is 0.648. The Morgan fingerprint density at radius 1 is 1.31 bits per heavy atom. The molecule has 1 heterocycles. The van der Waals surface area contributed by atoms with E-state index >= 15 is 0 Å². The normalized spacial score (nSPS) is 20.0. The molecule has 7 nitrogen and oxygen atoms in total. The molecule has 7 heteroatoms. The largest absolute Gasteiger partial charge is 0.396 e. The van der Waals surface area contributed by atoms with Gasteiger partial charge >= 0.3 is 0 Å². The second-order valence-electron chi connectivity index (χ2n) is 6.60. The van der Waals surface area contributed by atoms with Crippen LogP contribution in [0.3, 0.4) is 0 Å². The minimum absolute atomic E-state index is 0.0277. The van der Waals surface area contributed by atoms with E-state index < -0.39 is 0 Å². The lowest BCUT2D eigenvalue weighted by Crippen LogP contribution is -2.44. The fourth-order valence-corrected chi connectivity index (χ4v) is 3.00. The summed E-state index contributed by atoms with van der Waals surface area (Å²) in [5.41, 5.74) is 1.64. The molecule has 1 atom stereocenters. The summed E-state index contributed by atoms with van der Waals surface area (Å²) >= 11 is 0. The molecular formula is C19H30N4O3. The number of ether oxygens (including phenoxy) is 1. The Morgan fingerprint density at radius 3 is 2.65 bits per heavy atom. The van der Waals surface area contributed by atoms with Gasteiger partial charge in [0.1, 0.15) is 0 Å².